The highest BCUT2D eigenvalue weighted by atomic mass is 31.2. The molecule has 0 unspecified atom stereocenters. The molecule has 0 spiro atoms. The summed E-state index contributed by atoms with van der Waals surface area (Å²) in [5.41, 5.74) is 1.62. The van der Waals surface area contributed by atoms with Crippen molar-refractivity contribution in [2.24, 2.45) is 0 Å². The summed E-state index contributed by atoms with van der Waals surface area (Å²) in [5, 5.41) is 18.9. The van der Waals surface area contributed by atoms with Crippen molar-refractivity contribution in [2.75, 3.05) is 0 Å². The molecule has 1 aromatic rings. The van der Waals surface area contributed by atoms with Crippen LogP contribution in [-0.2, 0) is 15.8 Å². The number of aliphatic hydroxyl groups is 1. The maximum absolute atomic E-state index is 10.9. The molecule has 1 rings (SSSR count). The molecule has 5 N–H and O–H groups in total. The largest absolute Gasteiger partial charge is 0.507 e. The van der Waals surface area contributed by atoms with E-state index in [9.17, 15) is 9.90 Å². The lowest BCUT2D eigenvalue weighted by molar-refractivity contribution is -0.132. The molecule has 0 aliphatic carbocycles. The van der Waals surface area contributed by atoms with Crippen LogP contribution in [0.5, 0.6) is 0 Å². The van der Waals surface area contributed by atoms with E-state index >= 15 is 0 Å². The van der Waals surface area contributed by atoms with Gasteiger partial charge in [-0.3, -0.25) is 0 Å². The molecule has 0 aliphatic heterocycles. The van der Waals surface area contributed by atoms with Crippen molar-refractivity contribution in [3.63, 3.8) is 0 Å². The zero-order valence-corrected chi connectivity index (χ0v) is 14.0. The van der Waals surface area contributed by atoms with E-state index in [2.05, 4.69) is 6.92 Å². The second-order valence-electron chi connectivity index (χ2n) is 4.91. The second kappa shape index (κ2) is 10.2. The molecule has 0 atom stereocenters. The molecular formula is C15H23O7P. The molecule has 1 aromatic carbocycles. The fourth-order valence-corrected chi connectivity index (χ4v) is 1.84. The lowest BCUT2D eigenvalue weighted by atomic mass is 9.98. The van der Waals surface area contributed by atoms with Gasteiger partial charge in [0.05, 0.1) is 5.57 Å². The Morgan fingerprint density at radius 3 is 2.09 bits per heavy atom. The van der Waals surface area contributed by atoms with Crippen LogP contribution in [0.15, 0.2) is 29.8 Å². The first kappa shape index (κ1) is 21.3. The highest BCUT2D eigenvalue weighted by Crippen LogP contribution is 2.25. The van der Waals surface area contributed by atoms with Gasteiger partial charge in [-0.2, -0.15) is 0 Å². The summed E-state index contributed by atoms with van der Waals surface area (Å²) in [7, 11) is -4.64. The van der Waals surface area contributed by atoms with E-state index in [0.29, 0.717) is 5.56 Å². The maximum Gasteiger partial charge on any atom is 0.466 e. The molecular weight excluding hydrogens is 323 g/mol. The topological polar surface area (TPSA) is 135 Å². The molecule has 130 valence electrons. The van der Waals surface area contributed by atoms with Crippen molar-refractivity contribution < 1.29 is 34.3 Å². The van der Waals surface area contributed by atoms with Crippen LogP contribution in [0.1, 0.15) is 44.2 Å². The molecule has 0 aliphatic rings. The Morgan fingerprint density at radius 2 is 1.61 bits per heavy atom. The minimum absolute atomic E-state index is 0.0158. The summed E-state index contributed by atoms with van der Waals surface area (Å²) in [4.78, 5) is 32.4. The third-order valence-corrected chi connectivity index (χ3v) is 3.00. The highest BCUT2D eigenvalue weighted by Gasteiger charge is 2.13. The van der Waals surface area contributed by atoms with Gasteiger partial charge >= 0.3 is 13.8 Å². The van der Waals surface area contributed by atoms with Gasteiger partial charge in [-0.25, -0.2) is 9.36 Å². The molecule has 8 heteroatoms. The van der Waals surface area contributed by atoms with Crippen molar-refractivity contribution >= 4 is 19.6 Å². The van der Waals surface area contributed by atoms with E-state index in [0.717, 1.165) is 31.2 Å². The zero-order chi connectivity index (χ0) is 18.0. The van der Waals surface area contributed by atoms with Crippen LogP contribution in [0.2, 0.25) is 0 Å². The molecule has 0 saturated heterocycles. The first-order chi connectivity index (χ1) is 10.6. The number of benzene rings is 1. The van der Waals surface area contributed by atoms with Gasteiger partial charge in [0, 0.05) is 5.56 Å². The smallest absolute Gasteiger partial charge is 0.466 e. The second-order valence-corrected chi connectivity index (χ2v) is 5.93. The van der Waals surface area contributed by atoms with Gasteiger partial charge in [-0.15, -0.1) is 0 Å². The lowest BCUT2D eigenvalue weighted by Crippen LogP contribution is -2.02. The molecule has 0 aromatic heterocycles. The van der Waals surface area contributed by atoms with Crippen LogP contribution < -0.4 is 0 Å². The normalized spacial score (nSPS) is 12.0. The first-order valence-electron chi connectivity index (χ1n) is 7.07. The number of hydrogen-bond acceptors (Lipinski definition) is 3. The molecule has 0 heterocycles. The van der Waals surface area contributed by atoms with Crippen molar-refractivity contribution in [2.45, 2.75) is 39.5 Å². The molecule has 23 heavy (non-hydrogen) atoms. The van der Waals surface area contributed by atoms with Crippen molar-refractivity contribution in [1.29, 1.82) is 0 Å². The molecule has 0 fully saturated rings. The van der Waals surface area contributed by atoms with Gasteiger partial charge < -0.3 is 24.9 Å². The van der Waals surface area contributed by atoms with Gasteiger partial charge in [-0.1, -0.05) is 44.0 Å². The van der Waals surface area contributed by atoms with E-state index in [1.807, 2.05) is 18.2 Å². The van der Waals surface area contributed by atoms with Crippen LogP contribution in [0, 0.1) is 0 Å². The average molecular weight is 346 g/mol. The Kier molecular flexibility index (Phi) is 9.44. The summed E-state index contributed by atoms with van der Waals surface area (Å²) >= 11 is 0. The maximum atomic E-state index is 10.9. The number of hydrogen-bond donors (Lipinski definition) is 5. The van der Waals surface area contributed by atoms with E-state index in [-0.39, 0.29) is 11.3 Å². The quantitative estimate of drug-likeness (QED) is 0.231. The molecule has 0 saturated carbocycles. The van der Waals surface area contributed by atoms with Crippen LogP contribution in [0.25, 0.3) is 5.76 Å². The van der Waals surface area contributed by atoms with E-state index < -0.39 is 13.8 Å². The third kappa shape index (κ3) is 9.86. The number of carbonyl (C=O) groups is 1. The van der Waals surface area contributed by atoms with Gasteiger partial charge in [-0.05, 0) is 25.3 Å². The van der Waals surface area contributed by atoms with Crippen LogP contribution in [0.3, 0.4) is 0 Å². The van der Waals surface area contributed by atoms with E-state index in [1.54, 1.807) is 6.07 Å². The summed E-state index contributed by atoms with van der Waals surface area (Å²) < 4.78 is 8.88. The lowest BCUT2D eigenvalue weighted by Gasteiger charge is -2.10. The third-order valence-electron chi connectivity index (χ3n) is 3.00. The van der Waals surface area contributed by atoms with Gasteiger partial charge in [0.1, 0.15) is 5.76 Å². The monoisotopic (exact) mass is 346 g/mol. The SMILES string of the molecule is CCCCCc1ccccc1C(O)=C(C)C(=O)O.O=P(O)(O)O. The van der Waals surface area contributed by atoms with Crippen LogP contribution >= 0.6 is 7.82 Å². The fraction of sp³-hybridized carbons (Fsp3) is 0.400. The number of aliphatic hydroxyl groups excluding tert-OH is 1. The van der Waals surface area contributed by atoms with E-state index in [1.165, 1.54) is 6.92 Å². The number of carboxylic acids is 1. The number of carboxylic acid groups (broad SMARTS) is 1. The Balaban J connectivity index is 0.000000841. The van der Waals surface area contributed by atoms with Crippen LogP contribution in [0.4, 0.5) is 0 Å². The number of phosphoric acid groups is 1. The summed E-state index contributed by atoms with van der Waals surface area (Å²) in [6.07, 6.45) is 4.18. The predicted molar refractivity (Wildman–Crippen MR) is 86.8 cm³/mol. The summed E-state index contributed by atoms with van der Waals surface area (Å²) in [5.74, 6) is -1.22. The van der Waals surface area contributed by atoms with Gasteiger partial charge in [0.25, 0.3) is 0 Å². The molecule has 0 amide bonds. The molecule has 7 nitrogen and oxygen atoms in total. The number of aliphatic carboxylic acids is 1. The van der Waals surface area contributed by atoms with E-state index in [4.69, 9.17) is 24.4 Å². The Bertz CT molecular complexity index is 581. The minimum Gasteiger partial charge on any atom is -0.507 e. The Labute approximate surface area is 135 Å². The number of aryl methyl sites for hydroxylation is 1. The first-order valence-corrected chi connectivity index (χ1v) is 8.64. The molecule has 0 radical (unpaired) electrons. The number of rotatable bonds is 6. The average Bonchev–Trinajstić information content (AvgIpc) is 2.44. The fourth-order valence-electron chi connectivity index (χ4n) is 1.84. The highest BCUT2D eigenvalue weighted by molar-refractivity contribution is 7.45. The number of unbranched alkanes of at least 4 members (excludes halogenated alkanes) is 2. The Hall–Kier alpha value is -1.66. The van der Waals surface area contributed by atoms with Crippen molar-refractivity contribution in [1.82, 2.24) is 0 Å². The zero-order valence-electron chi connectivity index (χ0n) is 13.1. The minimum atomic E-state index is -4.64. The van der Waals surface area contributed by atoms with Gasteiger partial charge in [0.15, 0.2) is 0 Å². The summed E-state index contributed by atoms with van der Waals surface area (Å²) in [6.45, 7) is 3.55. The Morgan fingerprint density at radius 1 is 1.09 bits per heavy atom. The van der Waals surface area contributed by atoms with Gasteiger partial charge in [0.2, 0.25) is 0 Å². The predicted octanol–water partition coefficient (Wildman–Crippen LogP) is 2.86. The molecule has 0 bridgehead atoms. The van der Waals surface area contributed by atoms with Crippen molar-refractivity contribution in [3.05, 3.63) is 41.0 Å². The van der Waals surface area contributed by atoms with Crippen LogP contribution in [-0.4, -0.2) is 30.9 Å². The van der Waals surface area contributed by atoms with Crippen molar-refractivity contribution in [3.8, 4) is 0 Å². The standard InChI is InChI=1S/C15H20O3.H3O4P/c1-3-4-5-8-12-9-6-7-10-13(12)14(16)11(2)15(17)18;1-5(2,3)4/h6-7,9-10,16H,3-5,8H2,1-2H3,(H,17,18);(H3,1,2,3,4). The summed E-state index contributed by atoms with van der Waals surface area (Å²) in [6, 6.07) is 7.43.